The molecule has 0 heterocycles. The summed E-state index contributed by atoms with van der Waals surface area (Å²) in [6, 6.07) is 0. The first kappa shape index (κ1) is 15.0. The van der Waals surface area contributed by atoms with Gasteiger partial charge in [-0.2, -0.15) is 0 Å². The molecule has 0 aliphatic heterocycles. The fourth-order valence-electron chi connectivity index (χ4n) is 6.38. The number of hydrogen-bond acceptors (Lipinski definition) is 2. The molecule has 4 aliphatic carbocycles. The number of hydrogen-bond donors (Lipinski definition) is 1. The Kier molecular flexibility index (Phi) is 3.26. The Morgan fingerprint density at radius 2 is 1.87 bits per heavy atom. The van der Waals surface area contributed by atoms with E-state index in [1.165, 1.54) is 5.57 Å². The van der Waals surface area contributed by atoms with Crippen LogP contribution in [0, 0.1) is 53.8 Å². The van der Waals surface area contributed by atoms with Crippen LogP contribution in [0.5, 0.6) is 0 Å². The molecule has 23 heavy (non-hydrogen) atoms. The quantitative estimate of drug-likeness (QED) is 0.698. The monoisotopic (exact) mass is 308 g/mol. The Balaban J connectivity index is 1.69. The van der Waals surface area contributed by atoms with E-state index in [1.54, 1.807) is 0 Å². The Bertz CT molecular complexity index is 660. The lowest BCUT2D eigenvalue weighted by Gasteiger charge is -2.54. The second-order valence-electron chi connectivity index (χ2n) is 8.00. The van der Waals surface area contributed by atoms with E-state index in [0.29, 0.717) is 42.3 Å². The van der Waals surface area contributed by atoms with E-state index in [0.717, 1.165) is 38.5 Å². The highest BCUT2D eigenvalue weighted by molar-refractivity contribution is 5.91. The molecule has 4 aliphatic rings. The van der Waals surface area contributed by atoms with E-state index >= 15 is 0 Å². The van der Waals surface area contributed by atoms with Crippen molar-refractivity contribution < 1.29 is 9.90 Å². The van der Waals surface area contributed by atoms with Crippen molar-refractivity contribution in [3.8, 4) is 24.7 Å². The maximum Gasteiger partial charge on any atom is 0.155 e. The molecule has 2 heteroatoms. The summed E-state index contributed by atoms with van der Waals surface area (Å²) in [5.74, 6) is 7.98. The van der Waals surface area contributed by atoms with Crippen molar-refractivity contribution in [3.05, 3.63) is 11.6 Å². The number of rotatable bonds is 0. The molecule has 0 aromatic rings. The normalized spacial score (nSPS) is 48.3. The molecule has 0 bridgehead atoms. The fraction of sp³-hybridized carbons (Fsp3) is 0.667. The van der Waals surface area contributed by atoms with Gasteiger partial charge >= 0.3 is 0 Å². The SMILES string of the molecule is C#CC12CC[C@H]3[C@@H](CCC4=CC(=O)CC[C@@H]43)[C@@H]1CC[C@@]2(O)C#C. The van der Waals surface area contributed by atoms with Gasteiger partial charge < -0.3 is 5.11 Å². The number of carbonyl (C=O) groups excluding carboxylic acids is 1. The summed E-state index contributed by atoms with van der Waals surface area (Å²) in [4.78, 5) is 11.7. The second kappa shape index (κ2) is 4.99. The first-order valence-corrected chi connectivity index (χ1v) is 8.96. The Labute approximate surface area is 138 Å². The zero-order chi connectivity index (χ0) is 16.2. The maximum absolute atomic E-state index is 11.7. The zero-order valence-electron chi connectivity index (χ0n) is 13.6. The van der Waals surface area contributed by atoms with Gasteiger partial charge in [-0.1, -0.05) is 17.4 Å². The largest absolute Gasteiger partial charge is 0.376 e. The summed E-state index contributed by atoms with van der Waals surface area (Å²) < 4.78 is 0. The van der Waals surface area contributed by atoms with Crippen molar-refractivity contribution in [2.24, 2.45) is 29.1 Å². The first-order valence-electron chi connectivity index (χ1n) is 8.96. The van der Waals surface area contributed by atoms with Crippen LogP contribution in [-0.4, -0.2) is 16.5 Å². The third-order valence-electron chi connectivity index (χ3n) is 7.43. The molecule has 1 N–H and O–H groups in total. The number of terminal acetylenes is 2. The van der Waals surface area contributed by atoms with E-state index < -0.39 is 11.0 Å². The molecular weight excluding hydrogens is 284 g/mol. The highest BCUT2D eigenvalue weighted by atomic mass is 16.3. The van der Waals surface area contributed by atoms with Gasteiger partial charge in [0.2, 0.25) is 0 Å². The highest BCUT2D eigenvalue weighted by Crippen LogP contribution is 2.64. The van der Waals surface area contributed by atoms with E-state index in [9.17, 15) is 9.90 Å². The summed E-state index contributed by atoms with van der Waals surface area (Å²) in [7, 11) is 0. The maximum atomic E-state index is 11.7. The van der Waals surface area contributed by atoms with Crippen molar-refractivity contribution in [2.45, 2.75) is 57.0 Å². The molecule has 0 aromatic carbocycles. The van der Waals surface area contributed by atoms with Gasteiger partial charge in [-0.05, 0) is 74.7 Å². The fourth-order valence-corrected chi connectivity index (χ4v) is 6.38. The lowest BCUT2D eigenvalue weighted by Crippen LogP contribution is -2.53. The molecule has 0 radical (unpaired) electrons. The van der Waals surface area contributed by atoms with E-state index in [2.05, 4.69) is 11.8 Å². The molecule has 6 atom stereocenters. The lowest BCUT2D eigenvalue weighted by molar-refractivity contribution is -0.116. The van der Waals surface area contributed by atoms with Crippen molar-refractivity contribution in [2.75, 3.05) is 0 Å². The number of aliphatic hydroxyl groups is 1. The minimum absolute atomic E-state index is 0.297. The van der Waals surface area contributed by atoms with Crippen molar-refractivity contribution in [1.29, 1.82) is 0 Å². The number of ketones is 1. The number of fused-ring (bicyclic) bond motifs is 5. The molecule has 0 amide bonds. The molecule has 4 rings (SSSR count). The molecule has 120 valence electrons. The Morgan fingerprint density at radius 3 is 2.61 bits per heavy atom. The van der Waals surface area contributed by atoms with Gasteiger partial charge in [-0.3, -0.25) is 4.79 Å². The Morgan fingerprint density at radius 1 is 1.04 bits per heavy atom. The van der Waals surface area contributed by atoms with Crippen LogP contribution in [-0.2, 0) is 4.79 Å². The van der Waals surface area contributed by atoms with Crippen LogP contribution >= 0.6 is 0 Å². The molecule has 0 aromatic heterocycles. The average Bonchev–Trinajstić information content (AvgIpc) is 2.88. The Hall–Kier alpha value is -1.51. The van der Waals surface area contributed by atoms with Gasteiger partial charge in [0.1, 0.15) is 5.60 Å². The van der Waals surface area contributed by atoms with Crippen LogP contribution in [0.2, 0.25) is 0 Å². The summed E-state index contributed by atoms with van der Waals surface area (Å²) in [6.07, 6.45) is 20.8. The van der Waals surface area contributed by atoms with Crippen LogP contribution < -0.4 is 0 Å². The smallest absolute Gasteiger partial charge is 0.155 e. The first-order chi connectivity index (χ1) is 11.0. The van der Waals surface area contributed by atoms with Crippen LogP contribution in [0.1, 0.15) is 51.4 Å². The van der Waals surface area contributed by atoms with Crippen molar-refractivity contribution in [1.82, 2.24) is 0 Å². The van der Waals surface area contributed by atoms with Gasteiger partial charge in [0.25, 0.3) is 0 Å². The van der Waals surface area contributed by atoms with E-state index in [4.69, 9.17) is 12.8 Å². The van der Waals surface area contributed by atoms with Gasteiger partial charge in [0.05, 0.1) is 5.41 Å². The summed E-state index contributed by atoms with van der Waals surface area (Å²) >= 11 is 0. The number of allylic oxidation sites excluding steroid dienone is 1. The molecule has 3 fully saturated rings. The summed E-state index contributed by atoms with van der Waals surface area (Å²) in [5, 5.41) is 11.0. The van der Waals surface area contributed by atoms with Gasteiger partial charge in [0.15, 0.2) is 5.78 Å². The highest BCUT2D eigenvalue weighted by Gasteiger charge is 2.63. The summed E-state index contributed by atoms with van der Waals surface area (Å²) in [5.41, 5.74) is -0.286. The second-order valence-corrected chi connectivity index (χ2v) is 8.00. The average molecular weight is 308 g/mol. The van der Waals surface area contributed by atoms with Crippen LogP contribution in [0.3, 0.4) is 0 Å². The summed E-state index contributed by atoms with van der Waals surface area (Å²) in [6.45, 7) is 0. The van der Waals surface area contributed by atoms with Crippen molar-refractivity contribution in [3.63, 3.8) is 0 Å². The van der Waals surface area contributed by atoms with Crippen molar-refractivity contribution >= 4 is 5.78 Å². The molecule has 3 saturated carbocycles. The molecule has 0 saturated heterocycles. The number of carbonyl (C=O) groups is 1. The predicted octanol–water partition coefficient (Wildman–Crippen LogP) is 3.11. The predicted molar refractivity (Wildman–Crippen MR) is 89.0 cm³/mol. The van der Waals surface area contributed by atoms with E-state index in [1.807, 2.05) is 6.08 Å². The third kappa shape index (κ3) is 1.85. The minimum Gasteiger partial charge on any atom is -0.376 e. The van der Waals surface area contributed by atoms with Crippen LogP contribution in [0.25, 0.3) is 0 Å². The molecular formula is C21H24O2. The molecule has 2 nitrogen and oxygen atoms in total. The standard InChI is InChI=1S/C21H24O2/c1-3-20-11-9-17-16-8-6-15(22)13-14(16)5-7-18(17)19(20)10-12-21(20,23)4-2/h1-2,13,16-19,23H,5-12H2/t16-,17+,18+,19-,20?,21-/m0/s1. The van der Waals surface area contributed by atoms with Crippen LogP contribution in [0.15, 0.2) is 11.6 Å². The minimum atomic E-state index is -1.13. The van der Waals surface area contributed by atoms with Gasteiger partial charge in [-0.25, -0.2) is 0 Å². The van der Waals surface area contributed by atoms with E-state index in [-0.39, 0.29) is 0 Å². The van der Waals surface area contributed by atoms with Gasteiger partial charge in [0, 0.05) is 6.42 Å². The van der Waals surface area contributed by atoms with Crippen LogP contribution in [0.4, 0.5) is 0 Å². The van der Waals surface area contributed by atoms with Gasteiger partial charge in [-0.15, -0.1) is 12.8 Å². The molecule has 1 unspecified atom stereocenters. The lowest BCUT2D eigenvalue weighted by atomic mass is 9.50. The molecule has 0 spiro atoms. The third-order valence-corrected chi connectivity index (χ3v) is 7.43. The topological polar surface area (TPSA) is 37.3 Å². The zero-order valence-corrected chi connectivity index (χ0v) is 13.6.